The van der Waals surface area contributed by atoms with Gasteiger partial charge in [0.25, 0.3) is 0 Å². The molecule has 1 aromatic carbocycles. The number of nitrogens with zero attached hydrogens (tertiary/aromatic N) is 4. The molecule has 8 nitrogen and oxygen atoms in total. The summed E-state index contributed by atoms with van der Waals surface area (Å²) in [5, 5.41) is 15.8. The number of guanidine groups is 1. The highest BCUT2D eigenvalue weighted by atomic mass is 19.4. The fraction of sp³-hybridized carbons (Fsp3) is 0.591. The Hall–Kier alpha value is -2.98. The van der Waals surface area contributed by atoms with E-state index in [1.165, 1.54) is 18.6 Å². The Morgan fingerprint density at radius 1 is 1.27 bits per heavy atom. The standard InChI is InChI=1S/C22H30F3N5O3/c1-2-3-4-5-6-7-13-32-18-11-10-15(14-16(18)22(23,24)25)19-27-20(33-29-19)17-9-8-12-30(17)21(26)28-31/h10-11,14,17,31H,2-9,12-13H2,1H3,(H2,26,28)/t17-/m0/s1. The first-order valence-corrected chi connectivity index (χ1v) is 11.3. The largest absolute Gasteiger partial charge is 0.493 e. The summed E-state index contributed by atoms with van der Waals surface area (Å²) in [7, 11) is 0. The molecule has 1 fully saturated rings. The second kappa shape index (κ2) is 11.2. The van der Waals surface area contributed by atoms with Crippen molar-refractivity contribution in [3.63, 3.8) is 0 Å². The molecule has 33 heavy (non-hydrogen) atoms. The predicted molar refractivity (Wildman–Crippen MR) is 116 cm³/mol. The maximum atomic E-state index is 13.7. The highest BCUT2D eigenvalue weighted by molar-refractivity contribution is 5.78. The second-order valence-corrected chi connectivity index (χ2v) is 8.09. The van der Waals surface area contributed by atoms with Gasteiger partial charge in [-0.1, -0.05) is 49.3 Å². The van der Waals surface area contributed by atoms with Crippen LogP contribution in [0.2, 0.25) is 0 Å². The third-order valence-corrected chi connectivity index (χ3v) is 5.67. The van der Waals surface area contributed by atoms with Crippen LogP contribution in [0, 0.1) is 0 Å². The van der Waals surface area contributed by atoms with Gasteiger partial charge in [-0.15, -0.1) is 0 Å². The lowest BCUT2D eigenvalue weighted by atomic mass is 10.1. The van der Waals surface area contributed by atoms with Crippen LogP contribution in [0.4, 0.5) is 13.2 Å². The zero-order valence-corrected chi connectivity index (χ0v) is 18.6. The van der Waals surface area contributed by atoms with Crippen molar-refractivity contribution in [2.24, 2.45) is 10.9 Å². The van der Waals surface area contributed by atoms with Gasteiger partial charge in [-0.05, 0) is 37.5 Å². The molecule has 3 N–H and O–H groups in total. The molecule has 0 saturated carbocycles. The van der Waals surface area contributed by atoms with E-state index >= 15 is 0 Å². The van der Waals surface area contributed by atoms with Crippen molar-refractivity contribution in [1.29, 1.82) is 0 Å². The molecule has 1 aromatic heterocycles. The van der Waals surface area contributed by atoms with Crippen LogP contribution in [-0.4, -0.2) is 39.4 Å². The number of benzene rings is 1. The molecular weight excluding hydrogens is 439 g/mol. The SMILES string of the molecule is CCCCCCCCOc1ccc(-c2noc([C@@H]3CCCN3/C(N)=N\O)n2)cc1C(F)(F)F. The molecule has 182 valence electrons. The highest BCUT2D eigenvalue weighted by Gasteiger charge is 2.36. The van der Waals surface area contributed by atoms with E-state index < -0.39 is 17.8 Å². The van der Waals surface area contributed by atoms with Crippen LogP contribution in [0.25, 0.3) is 11.4 Å². The topological polar surface area (TPSA) is 110 Å². The van der Waals surface area contributed by atoms with Gasteiger partial charge in [0.05, 0.1) is 12.2 Å². The molecule has 0 unspecified atom stereocenters. The molecule has 1 aliphatic heterocycles. The summed E-state index contributed by atoms with van der Waals surface area (Å²) in [5.41, 5.74) is 4.97. The summed E-state index contributed by atoms with van der Waals surface area (Å²) in [4.78, 5) is 5.88. The number of alkyl halides is 3. The first kappa shape index (κ1) is 24.7. The van der Waals surface area contributed by atoms with E-state index in [2.05, 4.69) is 22.2 Å². The molecule has 2 aromatic rings. The number of rotatable bonds is 10. The van der Waals surface area contributed by atoms with Gasteiger partial charge in [0, 0.05) is 12.1 Å². The Labute approximate surface area is 190 Å². The van der Waals surface area contributed by atoms with Gasteiger partial charge in [-0.2, -0.15) is 18.2 Å². The van der Waals surface area contributed by atoms with E-state index in [1.54, 1.807) is 4.90 Å². The van der Waals surface area contributed by atoms with Gasteiger partial charge in [0.15, 0.2) is 0 Å². The van der Waals surface area contributed by atoms with Crippen molar-refractivity contribution >= 4 is 5.96 Å². The third kappa shape index (κ3) is 6.29. The molecule has 2 heterocycles. The van der Waals surface area contributed by atoms with E-state index in [4.69, 9.17) is 20.2 Å². The Bertz CT molecular complexity index is 932. The number of nitrogens with two attached hydrogens (primary N) is 1. The van der Waals surface area contributed by atoms with Crippen LogP contribution >= 0.6 is 0 Å². The lowest BCUT2D eigenvalue weighted by Gasteiger charge is -2.21. The summed E-state index contributed by atoms with van der Waals surface area (Å²) in [5.74, 6) is -0.0590. The summed E-state index contributed by atoms with van der Waals surface area (Å²) in [6.45, 7) is 2.90. The van der Waals surface area contributed by atoms with Crippen LogP contribution < -0.4 is 10.5 Å². The van der Waals surface area contributed by atoms with Gasteiger partial charge in [-0.3, -0.25) is 0 Å². The number of hydrogen-bond acceptors (Lipinski definition) is 6. The monoisotopic (exact) mass is 469 g/mol. The average molecular weight is 470 g/mol. The number of oxime groups is 1. The number of halogens is 3. The van der Waals surface area contributed by atoms with Gasteiger partial charge in [-0.25, -0.2) is 0 Å². The fourth-order valence-electron chi connectivity index (χ4n) is 3.92. The van der Waals surface area contributed by atoms with Gasteiger partial charge in [0.2, 0.25) is 17.7 Å². The summed E-state index contributed by atoms with van der Waals surface area (Å²) in [6, 6.07) is 3.35. The quantitative estimate of drug-likeness (QED) is 0.159. The Kier molecular flexibility index (Phi) is 8.40. The van der Waals surface area contributed by atoms with Crippen molar-refractivity contribution < 1.29 is 27.6 Å². The van der Waals surface area contributed by atoms with Crippen LogP contribution in [0.1, 0.15) is 75.8 Å². The number of ether oxygens (including phenoxy) is 1. The van der Waals surface area contributed by atoms with Crippen molar-refractivity contribution in [3.8, 4) is 17.1 Å². The number of unbranched alkanes of at least 4 members (excludes halogenated alkanes) is 5. The Balaban J connectivity index is 1.72. The van der Waals surface area contributed by atoms with Crippen molar-refractivity contribution in [2.75, 3.05) is 13.2 Å². The maximum absolute atomic E-state index is 13.7. The van der Waals surface area contributed by atoms with Gasteiger partial charge >= 0.3 is 6.18 Å². The molecule has 1 atom stereocenters. The second-order valence-electron chi connectivity index (χ2n) is 8.09. The summed E-state index contributed by atoms with van der Waals surface area (Å²) < 4.78 is 51.8. The third-order valence-electron chi connectivity index (χ3n) is 5.67. The lowest BCUT2D eigenvalue weighted by Crippen LogP contribution is -2.36. The number of likely N-dealkylation sites (tertiary alicyclic amines) is 1. The molecule has 0 aliphatic carbocycles. The van der Waals surface area contributed by atoms with Crippen molar-refractivity contribution in [3.05, 3.63) is 29.7 Å². The zero-order valence-electron chi connectivity index (χ0n) is 18.6. The molecular formula is C22H30F3N5O3. The molecule has 0 spiro atoms. The maximum Gasteiger partial charge on any atom is 0.419 e. The minimum Gasteiger partial charge on any atom is -0.493 e. The fourth-order valence-corrected chi connectivity index (χ4v) is 3.92. The molecule has 0 bridgehead atoms. The summed E-state index contributed by atoms with van der Waals surface area (Å²) >= 11 is 0. The summed E-state index contributed by atoms with van der Waals surface area (Å²) in [6.07, 6.45) is 2.93. The average Bonchev–Trinajstić information content (AvgIpc) is 3.47. The Morgan fingerprint density at radius 2 is 2.03 bits per heavy atom. The number of aromatic nitrogens is 2. The van der Waals surface area contributed by atoms with E-state index in [0.29, 0.717) is 19.4 Å². The van der Waals surface area contributed by atoms with Crippen LogP contribution in [0.15, 0.2) is 27.9 Å². The minimum atomic E-state index is -4.59. The lowest BCUT2D eigenvalue weighted by molar-refractivity contribution is -0.138. The van der Waals surface area contributed by atoms with E-state index in [9.17, 15) is 13.2 Å². The smallest absolute Gasteiger partial charge is 0.419 e. The molecule has 3 rings (SSSR count). The molecule has 1 saturated heterocycles. The molecule has 1 aliphatic rings. The van der Waals surface area contributed by atoms with Crippen molar-refractivity contribution in [2.45, 2.75) is 70.5 Å². The van der Waals surface area contributed by atoms with E-state index in [-0.39, 0.29) is 35.6 Å². The van der Waals surface area contributed by atoms with Crippen LogP contribution in [-0.2, 0) is 6.18 Å². The van der Waals surface area contributed by atoms with Gasteiger partial charge < -0.3 is 25.1 Å². The first-order chi connectivity index (χ1) is 15.8. The highest BCUT2D eigenvalue weighted by Crippen LogP contribution is 2.39. The predicted octanol–water partition coefficient (Wildman–Crippen LogP) is 5.34. The first-order valence-electron chi connectivity index (χ1n) is 11.3. The number of hydrogen-bond donors (Lipinski definition) is 2. The Morgan fingerprint density at radius 3 is 2.76 bits per heavy atom. The van der Waals surface area contributed by atoms with E-state index in [0.717, 1.165) is 38.2 Å². The normalized spacial score (nSPS) is 17.0. The van der Waals surface area contributed by atoms with Crippen molar-refractivity contribution in [1.82, 2.24) is 15.0 Å². The minimum absolute atomic E-state index is 0.0318. The van der Waals surface area contributed by atoms with E-state index in [1.807, 2.05) is 0 Å². The van der Waals surface area contributed by atoms with Gasteiger partial charge in [0.1, 0.15) is 11.8 Å². The zero-order chi connectivity index (χ0) is 23.8. The molecule has 11 heteroatoms. The molecule has 0 radical (unpaired) electrons. The molecule has 0 amide bonds. The van der Waals surface area contributed by atoms with Crippen LogP contribution in [0.5, 0.6) is 5.75 Å². The van der Waals surface area contributed by atoms with Crippen LogP contribution in [0.3, 0.4) is 0 Å².